The highest BCUT2D eigenvalue weighted by Gasteiger charge is 2.47. The quantitative estimate of drug-likeness (QED) is 0.837. The Hall–Kier alpha value is -1.75. The van der Waals surface area contributed by atoms with E-state index in [2.05, 4.69) is 46.3 Å². The molecular weight excluding hydrogens is 312 g/mol. The van der Waals surface area contributed by atoms with Crippen LogP contribution in [0.25, 0.3) is 0 Å². The predicted molar refractivity (Wildman–Crippen MR) is 97.1 cm³/mol. The molecule has 0 N–H and O–H groups in total. The normalized spacial score (nSPS) is 27.0. The Labute approximate surface area is 149 Å². The van der Waals surface area contributed by atoms with Crippen molar-refractivity contribution in [3.05, 3.63) is 66.0 Å². The van der Waals surface area contributed by atoms with E-state index >= 15 is 0 Å². The predicted octanol–water partition coefficient (Wildman–Crippen LogP) is 3.42. The number of hydrogen-bond donors (Lipinski definition) is 0. The number of rotatable bonds is 5. The molecule has 0 saturated carbocycles. The summed E-state index contributed by atoms with van der Waals surface area (Å²) in [7, 11) is 0. The van der Waals surface area contributed by atoms with Crippen molar-refractivity contribution in [2.24, 2.45) is 0 Å². The maximum Gasteiger partial charge on any atom is 0.107 e. The molecule has 2 fully saturated rings. The van der Waals surface area contributed by atoms with Crippen LogP contribution >= 0.6 is 0 Å². The van der Waals surface area contributed by atoms with Gasteiger partial charge in [0.25, 0.3) is 0 Å². The van der Waals surface area contributed by atoms with Crippen LogP contribution in [0.2, 0.25) is 0 Å². The van der Waals surface area contributed by atoms with E-state index in [9.17, 15) is 0 Å². The van der Waals surface area contributed by atoms with Crippen LogP contribution < -0.4 is 0 Å². The first-order valence-corrected chi connectivity index (χ1v) is 9.26. The summed E-state index contributed by atoms with van der Waals surface area (Å²) in [6, 6.07) is 16.5. The minimum atomic E-state index is -0.151. The third-order valence-electron chi connectivity index (χ3n) is 5.33. The summed E-state index contributed by atoms with van der Waals surface area (Å²) in [6.07, 6.45) is 5.27. The molecule has 0 aliphatic carbocycles. The third-order valence-corrected chi connectivity index (χ3v) is 5.33. The Balaban J connectivity index is 1.41. The SMILES string of the molecule is c1ccc(CO[C@H]2CCN(Cc3ccccn3)C[C@@]23CCCO3)cc1. The van der Waals surface area contributed by atoms with E-state index in [1.54, 1.807) is 0 Å². The molecule has 1 aromatic carbocycles. The van der Waals surface area contributed by atoms with Gasteiger partial charge >= 0.3 is 0 Å². The van der Waals surface area contributed by atoms with Gasteiger partial charge in [-0.15, -0.1) is 0 Å². The summed E-state index contributed by atoms with van der Waals surface area (Å²) in [5, 5.41) is 0. The minimum Gasteiger partial charge on any atom is -0.371 e. The van der Waals surface area contributed by atoms with Crippen LogP contribution in [0.15, 0.2) is 54.7 Å². The fraction of sp³-hybridized carbons (Fsp3) is 0.476. The lowest BCUT2D eigenvalue weighted by Crippen LogP contribution is -2.57. The second-order valence-electron chi connectivity index (χ2n) is 7.12. The third kappa shape index (κ3) is 3.92. The molecule has 0 unspecified atom stereocenters. The van der Waals surface area contributed by atoms with Gasteiger partial charge in [0.15, 0.2) is 0 Å². The van der Waals surface area contributed by atoms with E-state index in [4.69, 9.17) is 9.47 Å². The van der Waals surface area contributed by atoms with Crippen LogP contribution in [-0.4, -0.2) is 41.3 Å². The van der Waals surface area contributed by atoms with Crippen LogP contribution in [0.3, 0.4) is 0 Å². The van der Waals surface area contributed by atoms with Crippen molar-refractivity contribution in [1.82, 2.24) is 9.88 Å². The van der Waals surface area contributed by atoms with Crippen LogP contribution in [-0.2, 0) is 22.6 Å². The summed E-state index contributed by atoms with van der Waals surface area (Å²) in [4.78, 5) is 6.94. The van der Waals surface area contributed by atoms with Gasteiger partial charge in [0.05, 0.1) is 18.4 Å². The molecular formula is C21H26N2O2. The van der Waals surface area contributed by atoms with Gasteiger partial charge in [0.1, 0.15) is 5.60 Å². The number of benzene rings is 1. The molecule has 3 heterocycles. The minimum absolute atomic E-state index is 0.151. The fourth-order valence-electron chi connectivity index (χ4n) is 4.08. The van der Waals surface area contributed by atoms with Gasteiger partial charge in [-0.2, -0.15) is 0 Å². The topological polar surface area (TPSA) is 34.6 Å². The molecule has 4 heteroatoms. The molecule has 4 rings (SSSR count). The van der Waals surface area contributed by atoms with E-state index in [0.29, 0.717) is 6.61 Å². The van der Waals surface area contributed by atoms with Crippen LogP contribution in [0.1, 0.15) is 30.5 Å². The zero-order valence-electron chi connectivity index (χ0n) is 14.6. The molecule has 2 saturated heterocycles. The Morgan fingerprint density at radius 2 is 2.04 bits per heavy atom. The number of pyridine rings is 1. The zero-order chi connectivity index (χ0) is 17.0. The van der Waals surface area contributed by atoms with Crippen molar-refractivity contribution in [1.29, 1.82) is 0 Å². The molecule has 2 atom stereocenters. The van der Waals surface area contributed by atoms with Gasteiger partial charge in [-0.05, 0) is 37.0 Å². The van der Waals surface area contributed by atoms with Crippen molar-refractivity contribution < 1.29 is 9.47 Å². The van der Waals surface area contributed by atoms with Crippen molar-refractivity contribution in [2.45, 2.75) is 44.1 Å². The Bertz CT molecular complexity index is 656. The molecule has 1 spiro atoms. The molecule has 2 aromatic rings. The van der Waals surface area contributed by atoms with Crippen molar-refractivity contribution in [3.8, 4) is 0 Å². The maximum atomic E-state index is 6.34. The standard InChI is InChI=1S/C21H26N2O2/c1-2-7-18(8-3-1)16-24-20-10-13-23(15-19-9-4-5-12-22-19)17-21(20)11-6-14-25-21/h1-5,7-9,12,20H,6,10-11,13-17H2/t20-,21-/m0/s1. The van der Waals surface area contributed by atoms with Gasteiger partial charge in [-0.25, -0.2) is 0 Å². The van der Waals surface area contributed by atoms with Crippen molar-refractivity contribution in [3.63, 3.8) is 0 Å². The molecule has 132 valence electrons. The van der Waals surface area contributed by atoms with Gasteiger partial charge < -0.3 is 9.47 Å². The number of likely N-dealkylation sites (tertiary alicyclic amines) is 1. The zero-order valence-corrected chi connectivity index (χ0v) is 14.6. The smallest absolute Gasteiger partial charge is 0.107 e. The Morgan fingerprint density at radius 1 is 1.16 bits per heavy atom. The van der Waals surface area contributed by atoms with E-state index in [0.717, 1.165) is 51.2 Å². The molecule has 0 amide bonds. The molecule has 25 heavy (non-hydrogen) atoms. The largest absolute Gasteiger partial charge is 0.371 e. The van der Waals surface area contributed by atoms with Crippen LogP contribution in [0.5, 0.6) is 0 Å². The Morgan fingerprint density at radius 3 is 2.80 bits per heavy atom. The summed E-state index contributed by atoms with van der Waals surface area (Å²) in [6.45, 7) is 4.36. The highest BCUT2D eigenvalue weighted by molar-refractivity contribution is 5.14. The van der Waals surface area contributed by atoms with Crippen LogP contribution in [0.4, 0.5) is 0 Å². The van der Waals surface area contributed by atoms with Crippen molar-refractivity contribution in [2.75, 3.05) is 19.7 Å². The lowest BCUT2D eigenvalue weighted by atomic mass is 9.86. The molecule has 2 aliphatic heterocycles. The number of aromatic nitrogens is 1. The van der Waals surface area contributed by atoms with E-state index in [1.165, 1.54) is 5.56 Å². The summed E-state index contributed by atoms with van der Waals surface area (Å²) in [5.74, 6) is 0. The van der Waals surface area contributed by atoms with Gasteiger partial charge in [-0.3, -0.25) is 9.88 Å². The highest BCUT2D eigenvalue weighted by Crippen LogP contribution is 2.37. The first kappa shape index (κ1) is 16.7. The van der Waals surface area contributed by atoms with E-state index < -0.39 is 0 Å². The second-order valence-corrected chi connectivity index (χ2v) is 7.12. The van der Waals surface area contributed by atoms with Gasteiger partial charge in [0.2, 0.25) is 0 Å². The fourth-order valence-corrected chi connectivity index (χ4v) is 4.08. The summed E-state index contributed by atoms with van der Waals surface area (Å²) < 4.78 is 12.6. The number of nitrogens with zero attached hydrogens (tertiary/aromatic N) is 2. The van der Waals surface area contributed by atoms with Crippen molar-refractivity contribution >= 4 is 0 Å². The van der Waals surface area contributed by atoms with Crippen LogP contribution in [0, 0.1) is 0 Å². The number of piperidine rings is 1. The number of ether oxygens (including phenoxy) is 2. The van der Waals surface area contributed by atoms with Gasteiger partial charge in [0, 0.05) is 32.4 Å². The average molecular weight is 338 g/mol. The molecule has 0 radical (unpaired) electrons. The average Bonchev–Trinajstić information content (AvgIpc) is 3.11. The second kappa shape index (κ2) is 7.65. The maximum absolute atomic E-state index is 6.34. The lowest BCUT2D eigenvalue weighted by Gasteiger charge is -2.45. The summed E-state index contributed by atoms with van der Waals surface area (Å²) >= 11 is 0. The molecule has 1 aromatic heterocycles. The lowest BCUT2D eigenvalue weighted by molar-refractivity contribution is -0.160. The Kier molecular flexibility index (Phi) is 5.11. The molecule has 0 bridgehead atoms. The van der Waals surface area contributed by atoms with E-state index in [1.807, 2.05) is 18.3 Å². The highest BCUT2D eigenvalue weighted by atomic mass is 16.6. The molecule has 4 nitrogen and oxygen atoms in total. The van der Waals surface area contributed by atoms with E-state index in [-0.39, 0.29) is 11.7 Å². The first-order valence-electron chi connectivity index (χ1n) is 9.26. The summed E-state index contributed by atoms with van der Waals surface area (Å²) in [5.41, 5.74) is 2.20. The van der Waals surface area contributed by atoms with Gasteiger partial charge in [-0.1, -0.05) is 36.4 Å². The monoisotopic (exact) mass is 338 g/mol. The first-order chi connectivity index (χ1) is 12.3. The number of hydrogen-bond acceptors (Lipinski definition) is 4. The molecule has 2 aliphatic rings.